The summed E-state index contributed by atoms with van der Waals surface area (Å²) in [6.45, 7) is 2.00. The van der Waals surface area contributed by atoms with E-state index in [-0.39, 0.29) is 5.91 Å². The summed E-state index contributed by atoms with van der Waals surface area (Å²) in [5, 5.41) is 2.82. The van der Waals surface area contributed by atoms with Crippen LogP contribution in [0, 0.1) is 0 Å². The number of benzene rings is 2. The van der Waals surface area contributed by atoms with Crippen LogP contribution in [0.2, 0.25) is 0 Å². The Morgan fingerprint density at radius 1 is 1.07 bits per heavy atom. The summed E-state index contributed by atoms with van der Waals surface area (Å²) in [4.78, 5) is 12.6. The number of para-hydroxylation sites is 1. The molecule has 0 saturated carbocycles. The van der Waals surface area contributed by atoms with Crippen LogP contribution < -0.4 is 19.1 Å². The van der Waals surface area contributed by atoms with Crippen LogP contribution in [0.25, 0.3) is 0 Å². The Labute approximate surface area is 172 Å². The van der Waals surface area contributed by atoms with Crippen LogP contribution in [0.15, 0.2) is 48.5 Å². The number of aryl methyl sites for hydroxylation is 1. The molecule has 1 N–H and O–H groups in total. The van der Waals surface area contributed by atoms with E-state index in [4.69, 9.17) is 9.47 Å². The number of carbonyl (C=O) groups is 1. The minimum Gasteiger partial charge on any atom is -0.497 e. The highest BCUT2D eigenvalue weighted by Crippen LogP contribution is 2.24. The first-order chi connectivity index (χ1) is 13.8. The molecule has 1 amide bonds. The van der Waals surface area contributed by atoms with Gasteiger partial charge in [0, 0.05) is 6.54 Å². The van der Waals surface area contributed by atoms with Gasteiger partial charge in [-0.1, -0.05) is 18.2 Å². The first-order valence-corrected chi connectivity index (χ1v) is 11.2. The number of methoxy groups -OCH3 is 2. The average Bonchev–Trinajstić information content (AvgIpc) is 2.70. The van der Waals surface area contributed by atoms with E-state index in [1.54, 1.807) is 38.3 Å². The molecule has 0 aromatic heterocycles. The fraction of sp³-hybridized carbons (Fsp3) is 0.381. The molecule has 0 radical (unpaired) electrons. The van der Waals surface area contributed by atoms with Gasteiger partial charge in [0.05, 0.1) is 26.2 Å². The molecule has 0 fully saturated rings. The third-order valence-corrected chi connectivity index (χ3v) is 5.77. The number of ether oxygens (including phenoxy) is 2. The molecular formula is C21H28N2O5S. The van der Waals surface area contributed by atoms with Crippen LogP contribution >= 0.6 is 0 Å². The third kappa shape index (κ3) is 6.12. The van der Waals surface area contributed by atoms with E-state index in [1.165, 1.54) is 7.11 Å². The van der Waals surface area contributed by atoms with Gasteiger partial charge in [-0.2, -0.15) is 0 Å². The fourth-order valence-electron chi connectivity index (χ4n) is 3.09. The van der Waals surface area contributed by atoms with E-state index in [0.717, 1.165) is 28.3 Å². The summed E-state index contributed by atoms with van der Waals surface area (Å²) < 4.78 is 36.2. The Kier molecular flexibility index (Phi) is 7.90. The highest BCUT2D eigenvalue weighted by molar-refractivity contribution is 7.92. The molecule has 0 saturated heterocycles. The van der Waals surface area contributed by atoms with Gasteiger partial charge in [0.15, 0.2) is 0 Å². The van der Waals surface area contributed by atoms with Gasteiger partial charge in [0.25, 0.3) is 0 Å². The highest BCUT2D eigenvalue weighted by Gasteiger charge is 2.28. The van der Waals surface area contributed by atoms with Crippen molar-refractivity contribution in [1.82, 2.24) is 5.32 Å². The van der Waals surface area contributed by atoms with Crippen molar-refractivity contribution in [2.45, 2.75) is 25.8 Å². The average molecular weight is 421 g/mol. The predicted molar refractivity (Wildman–Crippen MR) is 114 cm³/mol. The van der Waals surface area contributed by atoms with Crippen LogP contribution in [-0.4, -0.2) is 47.4 Å². The largest absolute Gasteiger partial charge is 0.497 e. The number of carbonyl (C=O) groups excluding carboxylic acids is 1. The molecule has 2 aromatic rings. The zero-order chi connectivity index (χ0) is 21.4. The molecule has 1 atom stereocenters. The van der Waals surface area contributed by atoms with Crippen LogP contribution in [0.3, 0.4) is 0 Å². The molecule has 0 aliphatic carbocycles. The number of rotatable bonds is 10. The number of hydrogen-bond donors (Lipinski definition) is 1. The normalized spacial score (nSPS) is 12.1. The van der Waals surface area contributed by atoms with Gasteiger partial charge in [-0.05, 0) is 55.7 Å². The fourth-order valence-corrected chi connectivity index (χ4v) is 4.26. The summed E-state index contributed by atoms with van der Waals surface area (Å²) in [5.41, 5.74) is 1.47. The standard InChI is InChI=1S/C21H28N2O5S/c1-16(23(29(4,25)26)18-11-13-19(27-2)14-12-18)21(24)22-15-7-9-17-8-5-6-10-20(17)28-3/h5-6,8,10-14,16H,7,9,15H2,1-4H3,(H,22,24)/t16-/m1/s1. The van der Waals surface area contributed by atoms with Crippen molar-refractivity contribution in [3.63, 3.8) is 0 Å². The maximum atomic E-state index is 12.6. The molecule has 0 aliphatic rings. The molecule has 0 spiro atoms. The third-order valence-electron chi connectivity index (χ3n) is 4.53. The molecular weight excluding hydrogens is 392 g/mol. The number of nitrogens with one attached hydrogen (secondary N) is 1. The van der Waals surface area contributed by atoms with Gasteiger partial charge in [-0.3, -0.25) is 9.10 Å². The Bertz CT molecular complexity index is 913. The maximum absolute atomic E-state index is 12.6. The van der Waals surface area contributed by atoms with Gasteiger partial charge in [0.2, 0.25) is 15.9 Å². The lowest BCUT2D eigenvalue weighted by molar-refractivity contribution is -0.121. The molecule has 8 heteroatoms. The minimum atomic E-state index is -3.65. The predicted octanol–water partition coefficient (Wildman–Crippen LogP) is 2.61. The van der Waals surface area contributed by atoms with Gasteiger partial charge in [-0.25, -0.2) is 8.42 Å². The molecule has 0 bridgehead atoms. The van der Waals surface area contributed by atoms with Crippen LogP contribution in [0.1, 0.15) is 18.9 Å². The van der Waals surface area contributed by atoms with Gasteiger partial charge >= 0.3 is 0 Å². The highest BCUT2D eigenvalue weighted by atomic mass is 32.2. The molecule has 158 valence electrons. The van der Waals surface area contributed by atoms with Crippen molar-refractivity contribution < 1.29 is 22.7 Å². The van der Waals surface area contributed by atoms with Crippen LogP contribution in [0.5, 0.6) is 11.5 Å². The van der Waals surface area contributed by atoms with Gasteiger partial charge in [-0.15, -0.1) is 0 Å². The number of anilines is 1. The summed E-state index contributed by atoms with van der Waals surface area (Å²) in [6.07, 6.45) is 2.54. The Morgan fingerprint density at radius 3 is 2.31 bits per heavy atom. The Morgan fingerprint density at radius 2 is 1.72 bits per heavy atom. The van der Waals surface area contributed by atoms with E-state index in [9.17, 15) is 13.2 Å². The second-order valence-electron chi connectivity index (χ2n) is 6.64. The van der Waals surface area contributed by atoms with Crippen molar-refractivity contribution in [3.8, 4) is 11.5 Å². The zero-order valence-corrected chi connectivity index (χ0v) is 18.0. The van der Waals surface area contributed by atoms with Crippen molar-refractivity contribution in [3.05, 3.63) is 54.1 Å². The quantitative estimate of drug-likeness (QED) is 0.597. The Hall–Kier alpha value is -2.74. The smallest absolute Gasteiger partial charge is 0.243 e. The minimum absolute atomic E-state index is 0.355. The second-order valence-corrected chi connectivity index (χ2v) is 8.50. The molecule has 0 unspecified atom stereocenters. The summed E-state index contributed by atoms with van der Waals surface area (Å²) in [6, 6.07) is 13.4. The summed E-state index contributed by atoms with van der Waals surface area (Å²) >= 11 is 0. The van der Waals surface area contributed by atoms with Crippen molar-refractivity contribution in [1.29, 1.82) is 0 Å². The zero-order valence-electron chi connectivity index (χ0n) is 17.2. The topological polar surface area (TPSA) is 84.9 Å². The van der Waals surface area contributed by atoms with Crippen LogP contribution in [0.4, 0.5) is 5.69 Å². The molecule has 2 aromatic carbocycles. The van der Waals surface area contributed by atoms with E-state index in [2.05, 4.69) is 5.32 Å². The van der Waals surface area contributed by atoms with E-state index in [1.807, 2.05) is 24.3 Å². The lowest BCUT2D eigenvalue weighted by Crippen LogP contribution is -2.48. The molecule has 2 rings (SSSR count). The summed E-state index contributed by atoms with van der Waals surface area (Å²) in [5.74, 6) is 1.07. The lowest BCUT2D eigenvalue weighted by atomic mass is 10.1. The van der Waals surface area contributed by atoms with E-state index in [0.29, 0.717) is 24.4 Å². The number of amides is 1. The molecule has 29 heavy (non-hydrogen) atoms. The first-order valence-electron chi connectivity index (χ1n) is 9.31. The lowest BCUT2D eigenvalue weighted by Gasteiger charge is -2.28. The van der Waals surface area contributed by atoms with E-state index < -0.39 is 16.1 Å². The monoisotopic (exact) mass is 420 g/mol. The van der Waals surface area contributed by atoms with E-state index >= 15 is 0 Å². The number of hydrogen-bond acceptors (Lipinski definition) is 5. The maximum Gasteiger partial charge on any atom is 0.243 e. The molecule has 0 heterocycles. The Balaban J connectivity index is 1.99. The first kappa shape index (κ1) is 22.5. The van der Waals surface area contributed by atoms with Crippen LogP contribution in [-0.2, 0) is 21.2 Å². The molecule has 0 aliphatic heterocycles. The van der Waals surface area contributed by atoms with Gasteiger partial charge < -0.3 is 14.8 Å². The SMILES string of the molecule is COc1ccc(N([C@H](C)C(=O)NCCCc2ccccc2OC)S(C)(=O)=O)cc1. The number of nitrogens with zero attached hydrogens (tertiary/aromatic N) is 1. The molecule has 7 nitrogen and oxygen atoms in total. The van der Waals surface area contributed by atoms with Gasteiger partial charge in [0.1, 0.15) is 17.5 Å². The second kappa shape index (κ2) is 10.2. The van der Waals surface area contributed by atoms with Crippen molar-refractivity contribution in [2.24, 2.45) is 0 Å². The van der Waals surface area contributed by atoms with Crippen molar-refractivity contribution >= 4 is 21.6 Å². The number of sulfonamides is 1. The summed E-state index contributed by atoms with van der Waals surface area (Å²) in [7, 11) is -0.491. The van der Waals surface area contributed by atoms with Crippen molar-refractivity contribution in [2.75, 3.05) is 31.3 Å².